The monoisotopic (exact) mass is 492 g/mol. The number of esters is 1. The quantitative estimate of drug-likeness (QED) is 0.214. The van der Waals surface area contributed by atoms with Crippen molar-refractivity contribution in [2.24, 2.45) is 0 Å². The number of rotatable bonds is 8. The van der Waals surface area contributed by atoms with E-state index >= 15 is 0 Å². The standard InChI is InChI=1S/C26H28N4O6/c1-15-19(16(2)28-21(15)26(34)36-4)23(31)20-22(17-8-5-6-9-18(17)35-3)30(25(33)24(20)32)12-7-11-29-13-10-27-14-29/h5-6,8-10,13-14,22,28,31H,7,11-12H2,1-4H3/t22-/m0/s1. The van der Waals surface area contributed by atoms with Crippen LogP contribution < -0.4 is 4.74 Å². The Bertz CT molecular complexity index is 1340. The van der Waals surface area contributed by atoms with Crippen molar-refractivity contribution in [2.45, 2.75) is 32.9 Å². The lowest BCUT2D eigenvalue weighted by Crippen LogP contribution is -2.31. The van der Waals surface area contributed by atoms with Crippen molar-refractivity contribution < 1.29 is 29.0 Å². The molecule has 3 aromatic rings. The van der Waals surface area contributed by atoms with Crippen molar-refractivity contribution in [1.82, 2.24) is 19.4 Å². The van der Waals surface area contributed by atoms with E-state index in [9.17, 15) is 19.5 Å². The number of para-hydroxylation sites is 1. The van der Waals surface area contributed by atoms with Gasteiger partial charge in [0.15, 0.2) is 0 Å². The summed E-state index contributed by atoms with van der Waals surface area (Å²) in [6, 6.07) is 6.20. The third-order valence-corrected chi connectivity index (χ3v) is 6.41. The van der Waals surface area contributed by atoms with Crippen molar-refractivity contribution >= 4 is 23.4 Å². The molecular formula is C26H28N4O6. The molecule has 1 amide bonds. The highest BCUT2D eigenvalue weighted by molar-refractivity contribution is 6.46. The van der Waals surface area contributed by atoms with Gasteiger partial charge in [-0.15, -0.1) is 0 Å². The molecule has 2 aromatic heterocycles. The first-order valence-corrected chi connectivity index (χ1v) is 11.4. The van der Waals surface area contributed by atoms with E-state index in [0.717, 1.165) is 0 Å². The van der Waals surface area contributed by atoms with Gasteiger partial charge in [0, 0.05) is 42.3 Å². The lowest BCUT2D eigenvalue weighted by Gasteiger charge is -2.26. The average molecular weight is 493 g/mol. The van der Waals surface area contributed by atoms with E-state index < -0.39 is 23.7 Å². The van der Waals surface area contributed by atoms with Crippen LogP contribution in [0.15, 0.2) is 48.6 Å². The maximum absolute atomic E-state index is 13.4. The maximum Gasteiger partial charge on any atom is 0.354 e. The zero-order valence-corrected chi connectivity index (χ0v) is 20.6. The molecule has 0 bridgehead atoms. The smallest absolute Gasteiger partial charge is 0.354 e. The van der Waals surface area contributed by atoms with Crippen LogP contribution in [0.2, 0.25) is 0 Å². The van der Waals surface area contributed by atoms with Crippen LogP contribution >= 0.6 is 0 Å². The van der Waals surface area contributed by atoms with Gasteiger partial charge in [0.2, 0.25) is 0 Å². The molecule has 10 nitrogen and oxygen atoms in total. The van der Waals surface area contributed by atoms with Gasteiger partial charge >= 0.3 is 5.97 Å². The van der Waals surface area contributed by atoms with Crippen molar-refractivity contribution in [3.8, 4) is 5.75 Å². The zero-order valence-electron chi connectivity index (χ0n) is 20.6. The molecule has 36 heavy (non-hydrogen) atoms. The van der Waals surface area contributed by atoms with Gasteiger partial charge in [-0.05, 0) is 31.9 Å². The van der Waals surface area contributed by atoms with Crippen LogP contribution in [0.3, 0.4) is 0 Å². The molecule has 2 N–H and O–H groups in total. The van der Waals surface area contributed by atoms with Crippen LogP contribution in [0.25, 0.3) is 5.76 Å². The van der Waals surface area contributed by atoms with Crippen LogP contribution in [0.1, 0.15) is 45.3 Å². The van der Waals surface area contributed by atoms with Gasteiger partial charge in [-0.1, -0.05) is 18.2 Å². The Kier molecular flexibility index (Phi) is 6.96. The molecule has 188 valence electrons. The van der Waals surface area contributed by atoms with Crippen LogP contribution in [0.4, 0.5) is 0 Å². The SMILES string of the molecule is COC(=O)c1[nH]c(C)c(C(O)=C2C(=O)C(=O)N(CCCn3ccnc3)[C@H]2c2ccccc2OC)c1C. The minimum atomic E-state index is -0.876. The number of Topliss-reactive ketones (excluding diaryl/α,β-unsaturated/α-hetero) is 1. The molecular weight excluding hydrogens is 464 g/mol. The number of carbonyl (C=O) groups excluding carboxylic acids is 3. The van der Waals surface area contributed by atoms with Crippen LogP contribution in [0.5, 0.6) is 5.75 Å². The van der Waals surface area contributed by atoms with Crippen molar-refractivity contribution in [3.63, 3.8) is 0 Å². The number of aliphatic hydroxyl groups excluding tert-OH is 1. The Labute approximate surface area is 208 Å². The fourth-order valence-electron chi connectivity index (χ4n) is 4.71. The van der Waals surface area contributed by atoms with Gasteiger partial charge in [0.25, 0.3) is 11.7 Å². The second kappa shape index (κ2) is 10.1. The number of nitrogens with zero attached hydrogens (tertiary/aromatic N) is 3. The molecule has 0 radical (unpaired) electrons. The summed E-state index contributed by atoms with van der Waals surface area (Å²) in [6.45, 7) is 4.18. The number of amides is 1. The summed E-state index contributed by atoms with van der Waals surface area (Å²) in [5.41, 5.74) is 1.85. The highest BCUT2D eigenvalue weighted by Gasteiger charge is 2.47. The first-order chi connectivity index (χ1) is 17.3. The Hall–Kier alpha value is -4.34. The molecule has 10 heteroatoms. The average Bonchev–Trinajstić information content (AvgIpc) is 3.56. The second-order valence-electron chi connectivity index (χ2n) is 8.51. The fourth-order valence-corrected chi connectivity index (χ4v) is 4.71. The Balaban J connectivity index is 1.83. The summed E-state index contributed by atoms with van der Waals surface area (Å²) in [5, 5.41) is 11.5. The van der Waals surface area contributed by atoms with Gasteiger partial charge in [-0.2, -0.15) is 0 Å². The van der Waals surface area contributed by atoms with Crippen molar-refractivity contribution in [1.29, 1.82) is 0 Å². The largest absolute Gasteiger partial charge is 0.507 e. The molecule has 4 rings (SSSR count). The van der Waals surface area contributed by atoms with Gasteiger partial charge in [0.1, 0.15) is 17.2 Å². The molecule has 1 fully saturated rings. The number of aromatic nitrogens is 3. The summed E-state index contributed by atoms with van der Waals surface area (Å²) in [4.78, 5) is 47.2. The summed E-state index contributed by atoms with van der Waals surface area (Å²) >= 11 is 0. The normalized spacial score (nSPS) is 17.0. The molecule has 0 unspecified atom stereocenters. The minimum Gasteiger partial charge on any atom is -0.507 e. The number of hydrogen-bond acceptors (Lipinski definition) is 7. The molecule has 3 heterocycles. The number of aryl methyl sites for hydroxylation is 2. The van der Waals surface area contributed by atoms with E-state index in [0.29, 0.717) is 35.5 Å². The summed E-state index contributed by atoms with van der Waals surface area (Å²) in [6.07, 6.45) is 5.74. The molecule has 0 aliphatic carbocycles. The van der Waals surface area contributed by atoms with Crippen LogP contribution in [-0.2, 0) is 20.9 Å². The lowest BCUT2D eigenvalue weighted by molar-refractivity contribution is -0.140. The third kappa shape index (κ3) is 4.26. The number of hydrogen-bond donors (Lipinski definition) is 2. The Morgan fingerprint density at radius 3 is 2.58 bits per heavy atom. The summed E-state index contributed by atoms with van der Waals surface area (Å²) in [5.74, 6) is -1.99. The first-order valence-electron chi connectivity index (χ1n) is 11.4. The van der Waals surface area contributed by atoms with Gasteiger partial charge in [-0.25, -0.2) is 9.78 Å². The Morgan fingerprint density at radius 1 is 1.17 bits per heavy atom. The predicted octanol–water partition coefficient (Wildman–Crippen LogP) is 3.14. The van der Waals surface area contributed by atoms with E-state index in [1.807, 2.05) is 10.8 Å². The van der Waals surface area contributed by atoms with Gasteiger partial charge in [0.05, 0.1) is 32.2 Å². The highest BCUT2D eigenvalue weighted by Crippen LogP contribution is 2.43. The van der Waals surface area contributed by atoms with E-state index in [1.54, 1.807) is 50.6 Å². The number of likely N-dealkylation sites (tertiary alicyclic amines) is 1. The number of benzene rings is 1. The number of nitrogens with one attached hydrogen (secondary N) is 1. The number of ketones is 1. The van der Waals surface area contributed by atoms with Gasteiger partial charge < -0.3 is 29.0 Å². The molecule has 0 spiro atoms. The molecule has 1 aliphatic rings. The minimum absolute atomic E-state index is 0.0613. The second-order valence-corrected chi connectivity index (χ2v) is 8.51. The molecule has 1 atom stereocenters. The Morgan fingerprint density at radius 2 is 1.92 bits per heavy atom. The van der Waals surface area contributed by atoms with Crippen LogP contribution in [0, 0.1) is 13.8 Å². The van der Waals surface area contributed by atoms with Crippen molar-refractivity contribution in [3.05, 3.63) is 76.6 Å². The molecule has 1 aliphatic heterocycles. The molecule has 0 saturated carbocycles. The molecule has 1 saturated heterocycles. The summed E-state index contributed by atoms with van der Waals surface area (Å²) in [7, 11) is 2.77. The van der Waals surface area contributed by atoms with E-state index in [-0.39, 0.29) is 29.1 Å². The number of methoxy groups -OCH3 is 2. The predicted molar refractivity (Wildman–Crippen MR) is 130 cm³/mol. The zero-order chi connectivity index (χ0) is 26.0. The molecule has 1 aromatic carbocycles. The van der Waals surface area contributed by atoms with E-state index in [4.69, 9.17) is 9.47 Å². The number of ether oxygens (including phenoxy) is 2. The van der Waals surface area contributed by atoms with Gasteiger partial charge in [-0.3, -0.25) is 9.59 Å². The maximum atomic E-state index is 13.4. The first kappa shape index (κ1) is 24.8. The number of carbonyl (C=O) groups is 3. The third-order valence-electron chi connectivity index (χ3n) is 6.41. The van der Waals surface area contributed by atoms with E-state index in [1.165, 1.54) is 19.1 Å². The lowest BCUT2D eigenvalue weighted by atomic mass is 9.93. The highest BCUT2D eigenvalue weighted by atomic mass is 16.5. The summed E-state index contributed by atoms with van der Waals surface area (Å²) < 4.78 is 12.2. The number of aliphatic hydroxyl groups is 1. The number of aromatic amines is 1. The van der Waals surface area contributed by atoms with E-state index in [2.05, 4.69) is 9.97 Å². The van der Waals surface area contributed by atoms with Crippen molar-refractivity contribution in [2.75, 3.05) is 20.8 Å². The number of H-pyrrole nitrogens is 1. The topological polar surface area (TPSA) is 127 Å². The number of imidazole rings is 1. The fraction of sp³-hybridized carbons (Fsp3) is 0.308. The van der Waals surface area contributed by atoms with Crippen LogP contribution in [-0.4, -0.2) is 63.0 Å².